The van der Waals surface area contributed by atoms with E-state index in [4.69, 9.17) is 11.6 Å². The molecule has 2 aromatic rings. The van der Waals surface area contributed by atoms with E-state index >= 15 is 0 Å². The van der Waals surface area contributed by atoms with Gasteiger partial charge in [-0.1, -0.05) is 41.9 Å². The summed E-state index contributed by atoms with van der Waals surface area (Å²) in [6.07, 6.45) is 1.54. The van der Waals surface area contributed by atoms with Gasteiger partial charge in [0.25, 0.3) is 5.91 Å². The topological polar surface area (TPSA) is 52.9 Å². The van der Waals surface area contributed by atoms with Gasteiger partial charge < -0.3 is 5.32 Å². The van der Waals surface area contributed by atoms with Crippen molar-refractivity contribution in [3.05, 3.63) is 61.2 Å². The summed E-state index contributed by atoms with van der Waals surface area (Å²) >= 11 is 10.6. The Hall–Kier alpha value is -1.61. The highest BCUT2D eigenvalue weighted by molar-refractivity contribution is 9.10. The zero-order valence-electron chi connectivity index (χ0n) is 11.6. The number of rotatable bonds is 4. The summed E-state index contributed by atoms with van der Waals surface area (Å²) < 4.78 is 1.34. The van der Waals surface area contributed by atoms with Gasteiger partial charge in [-0.15, -0.1) is 11.3 Å². The molecule has 0 aliphatic carbocycles. The Bertz CT molecular complexity index is 730. The van der Waals surface area contributed by atoms with Crippen LogP contribution in [0.4, 0.5) is 0 Å². The number of thiophene rings is 1. The van der Waals surface area contributed by atoms with Crippen LogP contribution in [0.5, 0.6) is 0 Å². The molecular formula is C16H12BrClN2OS. The van der Waals surface area contributed by atoms with Gasteiger partial charge in [0.1, 0.15) is 16.0 Å². The second-order valence-electron chi connectivity index (χ2n) is 4.55. The second kappa shape index (κ2) is 7.59. The van der Waals surface area contributed by atoms with E-state index in [9.17, 15) is 10.1 Å². The highest BCUT2D eigenvalue weighted by Gasteiger charge is 2.14. The van der Waals surface area contributed by atoms with Crippen LogP contribution >= 0.6 is 38.9 Å². The van der Waals surface area contributed by atoms with Crippen LogP contribution in [-0.2, 0) is 4.79 Å². The molecule has 0 spiro atoms. The van der Waals surface area contributed by atoms with Crippen molar-refractivity contribution in [1.82, 2.24) is 5.32 Å². The van der Waals surface area contributed by atoms with E-state index in [0.29, 0.717) is 4.34 Å². The Balaban J connectivity index is 2.14. The van der Waals surface area contributed by atoms with Gasteiger partial charge in [0, 0.05) is 9.35 Å². The zero-order valence-corrected chi connectivity index (χ0v) is 14.8. The fraction of sp³-hybridized carbons (Fsp3) is 0.125. The van der Waals surface area contributed by atoms with Gasteiger partial charge in [0.2, 0.25) is 0 Å². The van der Waals surface area contributed by atoms with E-state index < -0.39 is 5.91 Å². The number of halogens is 2. The molecule has 0 bridgehead atoms. The van der Waals surface area contributed by atoms with E-state index in [0.717, 1.165) is 14.9 Å². The highest BCUT2D eigenvalue weighted by Crippen LogP contribution is 2.33. The second-order valence-corrected chi connectivity index (χ2v) is 7.09. The minimum Gasteiger partial charge on any atom is -0.345 e. The van der Waals surface area contributed by atoms with E-state index in [-0.39, 0.29) is 11.6 Å². The number of nitrogens with one attached hydrogen (secondary N) is 1. The Morgan fingerprint density at radius 3 is 2.68 bits per heavy atom. The monoisotopic (exact) mass is 394 g/mol. The van der Waals surface area contributed by atoms with Crippen LogP contribution in [0, 0.1) is 11.3 Å². The van der Waals surface area contributed by atoms with Crippen molar-refractivity contribution in [2.45, 2.75) is 13.0 Å². The van der Waals surface area contributed by atoms with Crippen LogP contribution in [0.1, 0.15) is 23.4 Å². The molecule has 0 saturated heterocycles. The van der Waals surface area contributed by atoms with Gasteiger partial charge in [0.15, 0.2) is 0 Å². The third-order valence-corrected chi connectivity index (χ3v) is 5.38. The predicted molar refractivity (Wildman–Crippen MR) is 93.6 cm³/mol. The van der Waals surface area contributed by atoms with Crippen LogP contribution in [0.25, 0.3) is 6.08 Å². The van der Waals surface area contributed by atoms with E-state index in [2.05, 4.69) is 21.2 Å². The molecule has 1 unspecified atom stereocenters. The normalized spacial score (nSPS) is 12.5. The lowest BCUT2D eigenvalue weighted by Crippen LogP contribution is -2.27. The maximum Gasteiger partial charge on any atom is 0.262 e. The molecule has 112 valence electrons. The molecule has 3 nitrogen and oxygen atoms in total. The van der Waals surface area contributed by atoms with E-state index in [1.54, 1.807) is 6.07 Å². The number of hydrogen-bond donors (Lipinski definition) is 1. The third-order valence-electron chi connectivity index (χ3n) is 2.96. The van der Waals surface area contributed by atoms with Gasteiger partial charge in [-0.3, -0.25) is 4.79 Å². The lowest BCUT2D eigenvalue weighted by atomic mass is 10.1. The molecule has 1 aromatic carbocycles. The molecule has 1 heterocycles. The maximum absolute atomic E-state index is 12.2. The smallest absolute Gasteiger partial charge is 0.262 e. The van der Waals surface area contributed by atoms with Gasteiger partial charge in [-0.2, -0.15) is 5.26 Å². The molecule has 0 saturated carbocycles. The molecule has 0 fully saturated rings. The van der Waals surface area contributed by atoms with Gasteiger partial charge in [-0.05, 0) is 40.6 Å². The van der Waals surface area contributed by atoms with Crippen molar-refractivity contribution in [3.8, 4) is 6.07 Å². The number of amides is 1. The summed E-state index contributed by atoms with van der Waals surface area (Å²) in [5.41, 5.74) is 1.03. The summed E-state index contributed by atoms with van der Waals surface area (Å²) in [5.74, 6) is -0.403. The van der Waals surface area contributed by atoms with Gasteiger partial charge in [0.05, 0.1) is 6.04 Å². The molecular weight excluding hydrogens is 384 g/mol. The first-order valence-electron chi connectivity index (χ1n) is 6.43. The maximum atomic E-state index is 12.2. The van der Waals surface area contributed by atoms with Crippen LogP contribution in [0.15, 0.2) is 46.4 Å². The van der Waals surface area contributed by atoms with E-state index in [1.165, 1.54) is 17.4 Å². The summed E-state index contributed by atoms with van der Waals surface area (Å²) in [6.45, 7) is 1.88. The summed E-state index contributed by atoms with van der Waals surface area (Å²) in [6, 6.07) is 13.1. The number of hydrogen-bond acceptors (Lipinski definition) is 3. The number of carbonyl (C=O) groups is 1. The van der Waals surface area contributed by atoms with E-state index in [1.807, 2.05) is 43.3 Å². The van der Waals surface area contributed by atoms with Crippen molar-refractivity contribution < 1.29 is 4.79 Å². The number of carbonyl (C=O) groups excluding carboxylic acids is 1. The molecule has 6 heteroatoms. The minimum absolute atomic E-state index is 0.0493. The molecule has 0 aliphatic rings. The number of nitriles is 1. The van der Waals surface area contributed by atoms with Crippen LogP contribution in [-0.4, -0.2) is 5.91 Å². The predicted octanol–water partition coefficient (Wildman–Crippen LogP) is 4.95. The molecule has 1 N–H and O–H groups in total. The minimum atomic E-state index is -0.403. The van der Waals surface area contributed by atoms with Crippen molar-refractivity contribution >= 4 is 50.9 Å². The van der Waals surface area contributed by atoms with Crippen molar-refractivity contribution in [1.29, 1.82) is 5.26 Å². The first kappa shape index (κ1) is 16.8. The number of benzene rings is 1. The molecule has 1 aromatic heterocycles. The Kier molecular flexibility index (Phi) is 5.78. The van der Waals surface area contributed by atoms with Crippen LogP contribution in [0.2, 0.25) is 4.34 Å². The first-order valence-corrected chi connectivity index (χ1v) is 8.42. The summed E-state index contributed by atoms with van der Waals surface area (Å²) in [7, 11) is 0. The summed E-state index contributed by atoms with van der Waals surface area (Å²) in [5, 5.41) is 12.0. The van der Waals surface area contributed by atoms with Crippen molar-refractivity contribution in [2.75, 3.05) is 0 Å². The standard InChI is InChI=1S/C16H12BrClN2OS/c1-10(11-5-3-2-4-6-11)20-16(21)12(9-19)7-13-8-14(17)15(18)22-13/h2-8,10H,1H3,(H,20,21)/b12-7-. The van der Waals surface area contributed by atoms with Crippen molar-refractivity contribution in [2.24, 2.45) is 0 Å². The molecule has 0 aliphatic heterocycles. The van der Waals surface area contributed by atoms with Gasteiger partial charge in [-0.25, -0.2) is 0 Å². The Labute approximate surface area is 146 Å². The molecule has 2 rings (SSSR count). The SMILES string of the molecule is CC(NC(=O)/C(C#N)=C\c1cc(Br)c(Cl)s1)c1ccccc1. The molecule has 1 atom stereocenters. The number of nitrogens with zero attached hydrogens (tertiary/aromatic N) is 1. The summed E-state index contributed by atoms with van der Waals surface area (Å²) in [4.78, 5) is 13.0. The van der Waals surface area contributed by atoms with Crippen LogP contribution < -0.4 is 5.32 Å². The Morgan fingerprint density at radius 1 is 1.45 bits per heavy atom. The zero-order chi connectivity index (χ0) is 16.1. The van der Waals surface area contributed by atoms with Crippen molar-refractivity contribution in [3.63, 3.8) is 0 Å². The molecule has 22 heavy (non-hydrogen) atoms. The van der Waals surface area contributed by atoms with Gasteiger partial charge >= 0.3 is 0 Å². The average molecular weight is 396 g/mol. The quantitative estimate of drug-likeness (QED) is 0.588. The Morgan fingerprint density at radius 2 is 2.14 bits per heavy atom. The average Bonchev–Trinajstić information content (AvgIpc) is 2.83. The first-order chi connectivity index (χ1) is 10.5. The van der Waals surface area contributed by atoms with Crippen LogP contribution in [0.3, 0.4) is 0 Å². The highest BCUT2D eigenvalue weighted by atomic mass is 79.9. The lowest BCUT2D eigenvalue weighted by molar-refractivity contribution is -0.117. The fourth-order valence-corrected chi connectivity index (χ4v) is 3.50. The molecule has 0 radical (unpaired) electrons. The largest absolute Gasteiger partial charge is 0.345 e. The lowest BCUT2D eigenvalue weighted by Gasteiger charge is -2.13. The molecule has 1 amide bonds. The third kappa shape index (κ3) is 4.20. The fourth-order valence-electron chi connectivity index (χ4n) is 1.82.